The lowest BCUT2D eigenvalue weighted by molar-refractivity contribution is 0.322. The molecule has 0 saturated heterocycles. The van der Waals surface area contributed by atoms with Crippen LogP contribution in [0.4, 0.5) is 11.8 Å². The van der Waals surface area contributed by atoms with Crippen molar-refractivity contribution in [2.24, 2.45) is 5.92 Å². The van der Waals surface area contributed by atoms with Crippen molar-refractivity contribution in [3.05, 3.63) is 35.0 Å². The number of nitrogens with one attached hydrogen (secondary N) is 2. The molecular weight excluding hydrogens is 414 g/mol. The van der Waals surface area contributed by atoms with E-state index in [0.717, 1.165) is 67.6 Å². The summed E-state index contributed by atoms with van der Waals surface area (Å²) in [5, 5.41) is 7.29. The van der Waals surface area contributed by atoms with Gasteiger partial charge in [0.05, 0.1) is 19.9 Å². The molecule has 2 aliphatic carbocycles. The summed E-state index contributed by atoms with van der Waals surface area (Å²) in [6.07, 6.45) is 9.39. The molecule has 0 unspecified atom stereocenters. The Morgan fingerprint density at radius 3 is 2.52 bits per heavy atom. The standard InChI is InChI=1S/C26H39N5O2/c1-31(2)25-22-7-5-6-8-23(22)29-26(30-25)28-20-11-9-18(10-12-20)16-27-17-19-15-21(32-3)13-14-24(19)33-4/h13-15,18,20,27H,5-12,16-17H2,1-4H3,(H,28,29,30). The van der Waals surface area contributed by atoms with Gasteiger partial charge >= 0.3 is 0 Å². The van der Waals surface area contributed by atoms with Gasteiger partial charge in [0.2, 0.25) is 5.95 Å². The molecule has 33 heavy (non-hydrogen) atoms. The van der Waals surface area contributed by atoms with E-state index < -0.39 is 0 Å². The highest BCUT2D eigenvalue weighted by Crippen LogP contribution is 2.30. The maximum atomic E-state index is 5.50. The second-order valence-corrected chi connectivity index (χ2v) is 9.57. The molecule has 1 aromatic carbocycles. The lowest BCUT2D eigenvalue weighted by Crippen LogP contribution is -2.32. The van der Waals surface area contributed by atoms with Crippen LogP contribution in [0.5, 0.6) is 11.5 Å². The van der Waals surface area contributed by atoms with E-state index in [1.807, 2.05) is 18.2 Å². The Labute approximate surface area is 198 Å². The molecule has 1 aromatic heterocycles. The molecule has 0 atom stereocenters. The Bertz CT molecular complexity index is 925. The first kappa shape index (κ1) is 23.6. The van der Waals surface area contributed by atoms with Gasteiger partial charge in [0.25, 0.3) is 0 Å². The van der Waals surface area contributed by atoms with E-state index in [0.29, 0.717) is 12.0 Å². The second kappa shape index (κ2) is 11.1. The van der Waals surface area contributed by atoms with Crippen LogP contribution >= 0.6 is 0 Å². The second-order valence-electron chi connectivity index (χ2n) is 9.57. The maximum Gasteiger partial charge on any atom is 0.225 e. The molecule has 0 radical (unpaired) electrons. The average molecular weight is 454 g/mol. The van der Waals surface area contributed by atoms with Crippen LogP contribution < -0.4 is 25.0 Å². The normalized spacial score (nSPS) is 20.1. The molecule has 1 fully saturated rings. The number of rotatable bonds is 9. The molecule has 0 bridgehead atoms. The minimum atomic E-state index is 0.455. The summed E-state index contributed by atoms with van der Waals surface area (Å²) in [5.41, 5.74) is 3.72. The van der Waals surface area contributed by atoms with Crippen molar-refractivity contribution in [3.63, 3.8) is 0 Å². The zero-order valence-corrected chi connectivity index (χ0v) is 20.6. The smallest absolute Gasteiger partial charge is 0.225 e. The number of aromatic nitrogens is 2. The Hall–Kier alpha value is -2.54. The molecule has 7 heteroatoms. The number of benzene rings is 1. The number of methoxy groups -OCH3 is 2. The number of nitrogens with zero attached hydrogens (tertiary/aromatic N) is 3. The SMILES string of the molecule is COc1ccc(OC)c(CNCC2CCC(Nc3nc4c(c(N(C)C)n3)CCCC4)CC2)c1. The van der Waals surface area contributed by atoms with Gasteiger partial charge in [-0.2, -0.15) is 4.98 Å². The molecule has 0 spiro atoms. The number of anilines is 2. The summed E-state index contributed by atoms with van der Waals surface area (Å²) < 4.78 is 10.9. The van der Waals surface area contributed by atoms with Gasteiger partial charge in [0, 0.05) is 37.8 Å². The Morgan fingerprint density at radius 1 is 1.00 bits per heavy atom. The third-order valence-corrected chi connectivity index (χ3v) is 7.00. The molecule has 2 aromatic rings. The molecule has 180 valence electrons. The lowest BCUT2D eigenvalue weighted by atomic mass is 9.86. The molecule has 1 saturated carbocycles. The van der Waals surface area contributed by atoms with E-state index in [-0.39, 0.29) is 0 Å². The van der Waals surface area contributed by atoms with Crippen molar-refractivity contribution in [2.45, 2.75) is 64.0 Å². The highest BCUT2D eigenvalue weighted by atomic mass is 16.5. The van der Waals surface area contributed by atoms with Crippen LogP contribution in [-0.4, -0.2) is 50.9 Å². The monoisotopic (exact) mass is 453 g/mol. The first-order valence-electron chi connectivity index (χ1n) is 12.3. The first-order chi connectivity index (χ1) is 16.1. The van der Waals surface area contributed by atoms with Crippen molar-refractivity contribution in [2.75, 3.05) is 45.1 Å². The fourth-order valence-electron chi connectivity index (χ4n) is 5.13. The van der Waals surface area contributed by atoms with Crippen LogP contribution in [-0.2, 0) is 19.4 Å². The van der Waals surface area contributed by atoms with Crippen LogP contribution in [0.25, 0.3) is 0 Å². The Balaban J connectivity index is 1.27. The van der Waals surface area contributed by atoms with Crippen molar-refractivity contribution < 1.29 is 9.47 Å². The van der Waals surface area contributed by atoms with Gasteiger partial charge in [0.1, 0.15) is 17.3 Å². The predicted molar refractivity (Wildman–Crippen MR) is 134 cm³/mol. The number of ether oxygens (including phenoxy) is 2. The van der Waals surface area contributed by atoms with Gasteiger partial charge in [-0.25, -0.2) is 4.98 Å². The fourth-order valence-corrected chi connectivity index (χ4v) is 5.13. The molecule has 1 heterocycles. The van der Waals surface area contributed by atoms with Crippen molar-refractivity contribution in [1.29, 1.82) is 0 Å². The summed E-state index contributed by atoms with van der Waals surface area (Å²) in [4.78, 5) is 11.9. The van der Waals surface area contributed by atoms with Gasteiger partial charge in [-0.1, -0.05) is 0 Å². The fraction of sp³-hybridized carbons (Fsp3) is 0.615. The molecule has 2 N–H and O–H groups in total. The third-order valence-electron chi connectivity index (χ3n) is 7.00. The Morgan fingerprint density at radius 2 is 1.79 bits per heavy atom. The minimum absolute atomic E-state index is 0.455. The predicted octanol–water partition coefficient (Wildman–Crippen LogP) is 4.20. The topological polar surface area (TPSA) is 71.5 Å². The summed E-state index contributed by atoms with van der Waals surface area (Å²) >= 11 is 0. The summed E-state index contributed by atoms with van der Waals surface area (Å²) in [7, 11) is 7.58. The highest BCUT2D eigenvalue weighted by Gasteiger charge is 2.24. The van der Waals surface area contributed by atoms with Crippen LogP contribution in [0, 0.1) is 5.92 Å². The first-order valence-corrected chi connectivity index (χ1v) is 12.3. The lowest BCUT2D eigenvalue weighted by Gasteiger charge is -2.30. The van der Waals surface area contributed by atoms with Crippen LogP contribution in [0.2, 0.25) is 0 Å². The maximum absolute atomic E-state index is 5.50. The van der Waals surface area contributed by atoms with E-state index in [4.69, 9.17) is 19.4 Å². The zero-order chi connectivity index (χ0) is 23.2. The molecule has 0 aliphatic heterocycles. The van der Waals surface area contributed by atoms with Gasteiger partial charge < -0.3 is 25.0 Å². The number of hydrogen-bond donors (Lipinski definition) is 2. The quantitative estimate of drug-likeness (QED) is 0.590. The molecule has 7 nitrogen and oxygen atoms in total. The van der Waals surface area contributed by atoms with Gasteiger partial charge in [-0.15, -0.1) is 0 Å². The Kier molecular flexibility index (Phi) is 7.91. The van der Waals surface area contributed by atoms with E-state index in [1.54, 1.807) is 14.2 Å². The van der Waals surface area contributed by atoms with E-state index in [2.05, 4.69) is 29.6 Å². The van der Waals surface area contributed by atoms with Crippen molar-refractivity contribution >= 4 is 11.8 Å². The number of hydrogen-bond acceptors (Lipinski definition) is 7. The highest BCUT2D eigenvalue weighted by molar-refractivity contribution is 5.53. The average Bonchev–Trinajstić information content (AvgIpc) is 2.84. The summed E-state index contributed by atoms with van der Waals surface area (Å²) in [6, 6.07) is 6.41. The van der Waals surface area contributed by atoms with Crippen molar-refractivity contribution in [3.8, 4) is 11.5 Å². The van der Waals surface area contributed by atoms with E-state index >= 15 is 0 Å². The molecule has 4 rings (SSSR count). The van der Waals surface area contributed by atoms with E-state index in [9.17, 15) is 0 Å². The zero-order valence-electron chi connectivity index (χ0n) is 20.6. The van der Waals surface area contributed by atoms with Crippen LogP contribution in [0.15, 0.2) is 18.2 Å². The van der Waals surface area contributed by atoms with Crippen LogP contribution in [0.3, 0.4) is 0 Å². The molecular formula is C26H39N5O2. The van der Waals surface area contributed by atoms with Crippen molar-refractivity contribution in [1.82, 2.24) is 15.3 Å². The number of fused-ring (bicyclic) bond motifs is 1. The van der Waals surface area contributed by atoms with E-state index in [1.165, 1.54) is 36.9 Å². The van der Waals surface area contributed by atoms with Gasteiger partial charge in [-0.3, -0.25) is 0 Å². The van der Waals surface area contributed by atoms with Gasteiger partial charge in [0.15, 0.2) is 0 Å². The minimum Gasteiger partial charge on any atom is -0.497 e. The third kappa shape index (κ3) is 5.88. The number of aryl methyl sites for hydroxylation is 1. The largest absolute Gasteiger partial charge is 0.497 e. The van der Waals surface area contributed by atoms with Crippen LogP contribution in [0.1, 0.15) is 55.3 Å². The summed E-state index contributed by atoms with van der Waals surface area (Å²) in [5.74, 6) is 4.36. The van der Waals surface area contributed by atoms with Gasteiger partial charge in [-0.05, 0) is 82.0 Å². The summed E-state index contributed by atoms with van der Waals surface area (Å²) in [6.45, 7) is 1.81. The molecule has 2 aliphatic rings. The molecule has 0 amide bonds.